The van der Waals surface area contributed by atoms with Gasteiger partial charge >= 0.3 is 0 Å². The first kappa shape index (κ1) is 12.8. The summed E-state index contributed by atoms with van der Waals surface area (Å²) < 4.78 is 0.0386. The van der Waals surface area contributed by atoms with E-state index in [1.54, 1.807) is 23.9 Å². The van der Waals surface area contributed by atoms with Gasteiger partial charge in [-0.25, -0.2) is 4.98 Å². The fourth-order valence-corrected chi connectivity index (χ4v) is 1.22. The third kappa shape index (κ3) is 3.73. The zero-order chi connectivity index (χ0) is 12.2. The molecule has 1 aromatic heterocycles. The molecule has 0 spiro atoms. The number of hydrogen-bond donors (Lipinski definition) is 2. The molecule has 1 rings (SSSR count). The summed E-state index contributed by atoms with van der Waals surface area (Å²) in [4.78, 5) is 15.6. The molecule has 0 saturated heterocycles. The number of carbonyl (C=O) groups excluding carboxylic acids is 1. The van der Waals surface area contributed by atoms with Crippen molar-refractivity contribution in [3.63, 3.8) is 0 Å². The van der Waals surface area contributed by atoms with Crippen molar-refractivity contribution in [1.82, 2.24) is 10.3 Å². The number of aromatic nitrogens is 1. The van der Waals surface area contributed by atoms with Crippen LogP contribution in [0.15, 0.2) is 18.3 Å². The highest BCUT2D eigenvalue weighted by molar-refractivity contribution is 7.99. The van der Waals surface area contributed by atoms with Crippen molar-refractivity contribution >= 4 is 23.5 Å². The number of hydrogen-bond acceptors (Lipinski definition) is 4. The lowest BCUT2D eigenvalue weighted by molar-refractivity contribution is 0.0950. The maximum atomic E-state index is 11.7. The molecule has 0 aliphatic heterocycles. The van der Waals surface area contributed by atoms with Gasteiger partial charge in [-0.15, -0.1) is 0 Å². The Morgan fingerprint density at radius 1 is 1.56 bits per heavy atom. The molecule has 1 heterocycles. The minimum atomic E-state index is -0.116. The van der Waals surface area contributed by atoms with Crippen molar-refractivity contribution in [2.75, 3.05) is 18.5 Å². The maximum Gasteiger partial charge on any atom is 0.252 e. The molecule has 0 bridgehead atoms. The molecule has 0 fully saturated rings. The largest absolute Gasteiger partial charge is 0.384 e. The molecule has 1 amide bonds. The Kier molecular flexibility index (Phi) is 4.18. The summed E-state index contributed by atoms with van der Waals surface area (Å²) >= 11 is 1.72. The number of thioether (sulfide) groups is 1. The van der Waals surface area contributed by atoms with Gasteiger partial charge in [-0.3, -0.25) is 4.79 Å². The first-order chi connectivity index (χ1) is 7.44. The normalized spacial score (nSPS) is 11.2. The van der Waals surface area contributed by atoms with Crippen molar-refractivity contribution in [1.29, 1.82) is 0 Å². The van der Waals surface area contributed by atoms with Crippen LogP contribution in [0.2, 0.25) is 0 Å². The molecule has 0 saturated carbocycles. The predicted octanol–water partition coefficient (Wildman–Crippen LogP) is 1.54. The number of carbonyl (C=O) groups is 1. The van der Waals surface area contributed by atoms with Crippen LogP contribution >= 0.6 is 11.8 Å². The second-order valence-electron chi connectivity index (χ2n) is 4.12. The van der Waals surface area contributed by atoms with E-state index in [0.29, 0.717) is 17.9 Å². The number of pyridine rings is 1. The monoisotopic (exact) mass is 239 g/mol. The Hall–Kier alpha value is -1.23. The Labute approximate surface area is 100 Å². The van der Waals surface area contributed by atoms with Gasteiger partial charge in [0.05, 0.1) is 5.56 Å². The number of amides is 1. The second kappa shape index (κ2) is 5.21. The summed E-state index contributed by atoms with van der Waals surface area (Å²) in [5.74, 6) is 0.301. The van der Waals surface area contributed by atoms with Crippen LogP contribution in [-0.4, -0.2) is 28.4 Å². The minimum absolute atomic E-state index is 0.0386. The zero-order valence-corrected chi connectivity index (χ0v) is 10.6. The van der Waals surface area contributed by atoms with Crippen molar-refractivity contribution in [2.45, 2.75) is 18.6 Å². The lowest BCUT2D eigenvalue weighted by Crippen LogP contribution is -2.36. The molecule has 0 atom stereocenters. The number of nitrogen functional groups attached to an aromatic ring is 1. The van der Waals surface area contributed by atoms with Crippen LogP contribution < -0.4 is 11.1 Å². The quantitative estimate of drug-likeness (QED) is 0.836. The summed E-state index contributed by atoms with van der Waals surface area (Å²) in [5.41, 5.74) is 5.98. The molecule has 0 aliphatic rings. The molecule has 0 aliphatic carbocycles. The van der Waals surface area contributed by atoms with E-state index < -0.39 is 0 Å². The van der Waals surface area contributed by atoms with E-state index in [-0.39, 0.29) is 10.7 Å². The summed E-state index contributed by atoms with van der Waals surface area (Å²) in [5, 5.41) is 2.87. The number of anilines is 1. The van der Waals surface area contributed by atoms with Crippen LogP contribution in [0.3, 0.4) is 0 Å². The van der Waals surface area contributed by atoms with Gasteiger partial charge in [0.15, 0.2) is 0 Å². The van der Waals surface area contributed by atoms with Gasteiger partial charge in [-0.1, -0.05) is 0 Å². The van der Waals surface area contributed by atoms with Gasteiger partial charge in [0, 0.05) is 17.5 Å². The van der Waals surface area contributed by atoms with E-state index in [0.717, 1.165) is 0 Å². The van der Waals surface area contributed by atoms with Crippen LogP contribution in [-0.2, 0) is 0 Å². The van der Waals surface area contributed by atoms with E-state index in [4.69, 9.17) is 5.73 Å². The van der Waals surface area contributed by atoms with Crippen molar-refractivity contribution in [2.24, 2.45) is 0 Å². The van der Waals surface area contributed by atoms with E-state index in [1.807, 2.05) is 6.26 Å². The number of nitrogens with one attached hydrogen (secondary N) is 1. The smallest absolute Gasteiger partial charge is 0.252 e. The SMILES string of the molecule is CSC(C)(C)CNC(=O)c1ccc(N)nc1. The van der Waals surface area contributed by atoms with Crippen LogP contribution in [0.1, 0.15) is 24.2 Å². The Morgan fingerprint density at radius 3 is 2.75 bits per heavy atom. The lowest BCUT2D eigenvalue weighted by Gasteiger charge is -2.22. The predicted molar refractivity (Wildman–Crippen MR) is 68.6 cm³/mol. The summed E-state index contributed by atoms with van der Waals surface area (Å²) in [6, 6.07) is 3.29. The molecule has 0 unspecified atom stereocenters. The minimum Gasteiger partial charge on any atom is -0.384 e. The van der Waals surface area contributed by atoms with Gasteiger partial charge in [0.25, 0.3) is 5.91 Å². The van der Waals surface area contributed by atoms with Gasteiger partial charge in [0.1, 0.15) is 5.82 Å². The van der Waals surface area contributed by atoms with Crippen molar-refractivity contribution in [3.8, 4) is 0 Å². The fourth-order valence-electron chi connectivity index (χ4n) is 1.01. The standard InChI is InChI=1S/C11H17N3OS/c1-11(2,16-3)7-14-10(15)8-4-5-9(12)13-6-8/h4-6H,7H2,1-3H3,(H2,12,13)(H,14,15). The average Bonchev–Trinajstić information content (AvgIpc) is 2.27. The fraction of sp³-hybridized carbons (Fsp3) is 0.455. The Balaban J connectivity index is 2.56. The van der Waals surface area contributed by atoms with Crippen LogP contribution in [0.5, 0.6) is 0 Å². The molecular formula is C11H17N3OS. The number of nitrogens with two attached hydrogens (primary N) is 1. The van der Waals surface area contributed by atoms with E-state index in [2.05, 4.69) is 24.1 Å². The number of rotatable bonds is 4. The molecule has 88 valence electrons. The topological polar surface area (TPSA) is 68.0 Å². The van der Waals surface area contributed by atoms with E-state index in [9.17, 15) is 4.79 Å². The Bertz CT molecular complexity index is 362. The Morgan fingerprint density at radius 2 is 2.25 bits per heavy atom. The summed E-state index contributed by atoms with van der Waals surface area (Å²) in [6.07, 6.45) is 3.51. The molecule has 16 heavy (non-hydrogen) atoms. The van der Waals surface area contributed by atoms with Crippen LogP contribution in [0.25, 0.3) is 0 Å². The summed E-state index contributed by atoms with van der Waals surface area (Å²) in [6.45, 7) is 4.79. The average molecular weight is 239 g/mol. The highest BCUT2D eigenvalue weighted by atomic mass is 32.2. The van der Waals surface area contributed by atoms with Crippen molar-refractivity contribution in [3.05, 3.63) is 23.9 Å². The first-order valence-electron chi connectivity index (χ1n) is 4.99. The number of nitrogens with zero attached hydrogens (tertiary/aromatic N) is 1. The molecular weight excluding hydrogens is 222 g/mol. The lowest BCUT2D eigenvalue weighted by atomic mass is 10.2. The van der Waals surface area contributed by atoms with Crippen molar-refractivity contribution < 1.29 is 4.79 Å². The third-order valence-corrected chi connectivity index (χ3v) is 3.53. The van der Waals surface area contributed by atoms with Crippen LogP contribution in [0.4, 0.5) is 5.82 Å². The molecule has 3 N–H and O–H groups in total. The van der Waals surface area contributed by atoms with Crippen LogP contribution in [0, 0.1) is 0 Å². The van der Waals surface area contributed by atoms with Gasteiger partial charge in [-0.2, -0.15) is 11.8 Å². The van der Waals surface area contributed by atoms with Gasteiger partial charge in [-0.05, 0) is 32.2 Å². The molecule has 4 nitrogen and oxygen atoms in total. The highest BCUT2D eigenvalue weighted by Gasteiger charge is 2.17. The molecule has 5 heteroatoms. The second-order valence-corrected chi connectivity index (χ2v) is 5.63. The maximum absolute atomic E-state index is 11.7. The van der Waals surface area contributed by atoms with E-state index >= 15 is 0 Å². The molecule has 0 radical (unpaired) electrons. The highest BCUT2D eigenvalue weighted by Crippen LogP contribution is 2.19. The third-order valence-electron chi connectivity index (χ3n) is 2.28. The van der Waals surface area contributed by atoms with Gasteiger partial charge < -0.3 is 11.1 Å². The van der Waals surface area contributed by atoms with E-state index in [1.165, 1.54) is 6.20 Å². The van der Waals surface area contributed by atoms with Gasteiger partial charge in [0.2, 0.25) is 0 Å². The zero-order valence-electron chi connectivity index (χ0n) is 9.78. The summed E-state index contributed by atoms with van der Waals surface area (Å²) in [7, 11) is 0. The molecule has 1 aromatic rings. The molecule has 0 aromatic carbocycles. The first-order valence-corrected chi connectivity index (χ1v) is 6.22.